The van der Waals surface area contributed by atoms with Crippen molar-refractivity contribution in [2.75, 3.05) is 26.7 Å². The summed E-state index contributed by atoms with van der Waals surface area (Å²) in [6, 6.07) is 0. The lowest BCUT2D eigenvalue weighted by atomic mass is 9.98. The number of nitrogens with zero attached hydrogens (tertiary/aromatic N) is 1. The summed E-state index contributed by atoms with van der Waals surface area (Å²) in [7, 11) is 1.93. The first kappa shape index (κ1) is 12.5. The number of amides is 1. The Balaban J connectivity index is 2.27. The molecule has 1 heterocycles. The molecule has 1 aliphatic rings. The summed E-state index contributed by atoms with van der Waals surface area (Å²) in [5.74, 6) is 0.948. The maximum Gasteiger partial charge on any atom is 0.237 e. The summed E-state index contributed by atoms with van der Waals surface area (Å²) in [5, 5.41) is 5.16. The predicted molar refractivity (Wildman–Crippen MR) is 61.2 cm³/mol. The molecule has 1 rings (SSSR count). The van der Waals surface area contributed by atoms with Gasteiger partial charge in [-0.05, 0) is 31.8 Å². The van der Waals surface area contributed by atoms with Crippen LogP contribution in [0.5, 0.6) is 0 Å². The van der Waals surface area contributed by atoms with Crippen LogP contribution >= 0.6 is 0 Å². The van der Waals surface area contributed by atoms with Gasteiger partial charge in [0.25, 0.3) is 0 Å². The third kappa shape index (κ3) is 4.62. The molecule has 0 aliphatic carbocycles. The molecular weight excluding hydrogens is 190 g/mol. The maximum atomic E-state index is 11.8. The largest absolute Gasteiger partial charge is 0.317 e. The summed E-state index contributed by atoms with van der Waals surface area (Å²) < 4.78 is 0. The third-order valence-corrected chi connectivity index (χ3v) is 2.65. The minimum Gasteiger partial charge on any atom is -0.317 e. The van der Waals surface area contributed by atoms with E-state index in [0.717, 1.165) is 32.5 Å². The smallest absolute Gasteiger partial charge is 0.237 e. The summed E-state index contributed by atoms with van der Waals surface area (Å²) in [6.45, 7) is 7.12. The van der Waals surface area contributed by atoms with E-state index in [1.807, 2.05) is 12.1 Å². The van der Waals surface area contributed by atoms with Crippen molar-refractivity contribution in [2.45, 2.75) is 26.7 Å². The average molecular weight is 213 g/mol. The highest BCUT2D eigenvalue weighted by Crippen LogP contribution is 2.11. The van der Waals surface area contributed by atoms with E-state index in [4.69, 9.17) is 0 Å². The first-order valence-corrected chi connectivity index (χ1v) is 5.82. The van der Waals surface area contributed by atoms with E-state index in [1.54, 1.807) is 0 Å². The number of piperidine rings is 1. The Bertz CT molecular complexity index is 200. The molecule has 0 aromatic carbocycles. The number of rotatable bonds is 4. The number of carbonyl (C=O) groups excluding carboxylic acids is 1. The van der Waals surface area contributed by atoms with Crippen LogP contribution < -0.4 is 10.7 Å². The molecule has 4 nitrogen and oxygen atoms in total. The van der Waals surface area contributed by atoms with E-state index in [9.17, 15) is 4.79 Å². The first-order valence-electron chi connectivity index (χ1n) is 5.82. The second-order valence-corrected chi connectivity index (χ2v) is 4.77. The van der Waals surface area contributed by atoms with Gasteiger partial charge in [0.1, 0.15) is 0 Å². The summed E-state index contributed by atoms with van der Waals surface area (Å²) in [4.78, 5) is 11.8. The minimum atomic E-state index is 0.180. The zero-order chi connectivity index (χ0) is 11.3. The Hall–Kier alpha value is -0.610. The highest BCUT2D eigenvalue weighted by Gasteiger charge is 2.21. The molecule has 0 radical (unpaired) electrons. The summed E-state index contributed by atoms with van der Waals surface area (Å²) >= 11 is 0. The van der Waals surface area contributed by atoms with Crippen molar-refractivity contribution >= 4 is 5.91 Å². The molecule has 1 fully saturated rings. The van der Waals surface area contributed by atoms with Gasteiger partial charge in [0.2, 0.25) is 5.91 Å². The molecule has 0 unspecified atom stereocenters. The highest BCUT2D eigenvalue weighted by molar-refractivity contribution is 5.78. The van der Waals surface area contributed by atoms with Gasteiger partial charge in [0.15, 0.2) is 0 Å². The van der Waals surface area contributed by atoms with Gasteiger partial charge in [-0.1, -0.05) is 13.8 Å². The first-order chi connectivity index (χ1) is 7.09. The molecule has 88 valence electrons. The van der Waals surface area contributed by atoms with Crippen molar-refractivity contribution in [2.24, 2.45) is 11.8 Å². The zero-order valence-electron chi connectivity index (χ0n) is 10.0. The van der Waals surface area contributed by atoms with Crippen LogP contribution in [-0.4, -0.2) is 37.6 Å². The molecule has 1 saturated heterocycles. The zero-order valence-corrected chi connectivity index (χ0v) is 10.0. The number of hydrogen-bond donors (Lipinski definition) is 2. The molecule has 2 N–H and O–H groups in total. The minimum absolute atomic E-state index is 0.180. The van der Waals surface area contributed by atoms with Gasteiger partial charge in [-0.2, -0.15) is 0 Å². The second-order valence-electron chi connectivity index (χ2n) is 4.77. The molecule has 0 atom stereocenters. The predicted octanol–water partition coefficient (Wildman–Crippen LogP) is 0.605. The maximum absolute atomic E-state index is 11.8. The molecular formula is C11H23N3O. The van der Waals surface area contributed by atoms with E-state index in [0.29, 0.717) is 5.92 Å². The Morgan fingerprint density at radius 3 is 2.60 bits per heavy atom. The Morgan fingerprint density at radius 2 is 2.07 bits per heavy atom. The molecule has 1 aliphatic heterocycles. The number of hydrazine groups is 1. The number of nitrogens with one attached hydrogen (secondary N) is 2. The lowest BCUT2D eigenvalue weighted by molar-refractivity contribution is -0.130. The fourth-order valence-corrected chi connectivity index (χ4v) is 1.96. The van der Waals surface area contributed by atoms with Gasteiger partial charge in [-0.3, -0.25) is 10.2 Å². The van der Waals surface area contributed by atoms with Crippen molar-refractivity contribution in [3.05, 3.63) is 0 Å². The average Bonchev–Trinajstić information content (AvgIpc) is 2.17. The van der Waals surface area contributed by atoms with Crippen LogP contribution in [0.4, 0.5) is 0 Å². The molecule has 0 aromatic rings. The van der Waals surface area contributed by atoms with E-state index in [1.165, 1.54) is 0 Å². The van der Waals surface area contributed by atoms with Gasteiger partial charge >= 0.3 is 0 Å². The Morgan fingerprint density at radius 1 is 1.47 bits per heavy atom. The highest BCUT2D eigenvalue weighted by atomic mass is 16.2. The van der Waals surface area contributed by atoms with Crippen LogP contribution in [0.25, 0.3) is 0 Å². The van der Waals surface area contributed by atoms with Crippen LogP contribution in [0, 0.1) is 11.8 Å². The topological polar surface area (TPSA) is 44.4 Å². The SMILES string of the molecule is CC(C)CN(C)NC(=O)C1CCNCC1. The van der Waals surface area contributed by atoms with Crippen molar-refractivity contribution in [3.63, 3.8) is 0 Å². The fraction of sp³-hybridized carbons (Fsp3) is 0.909. The Kier molecular flexibility index (Phi) is 5.05. The lowest BCUT2D eigenvalue weighted by Crippen LogP contribution is -2.46. The Labute approximate surface area is 92.4 Å². The van der Waals surface area contributed by atoms with Gasteiger partial charge < -0.3 is 5.32 Å². The van der Waals surface area contributed by atoms with Crippen molar-refractivity contribution in [1.29, 1.82) is 0 Å². The molecule has 0 saturated carbocycles. The van der Waals surface area contributed by atoms with Crippen LogP contribution in [0.3, 0.4) is 0 Å². The second kappa shape index (κ2) is 6.08. The van der Waals surface area contributed by atoms with E-state index in [2.05, 4.69) is 24.6 Å². The molecule has 0 spiro atoms. The lowest BCUT2D eigenvalue weighted by Gasteiger charge is -2.26. The molecule has 0 aromatic heterocycles. The van der Waals surface area contributed by atoms with E-state index >= 15 is 0 Å². The van der Waals surface area contributed by atoms with Crippen LogP contribution in [0.1, 0.15) is 26.7 Å². The quantitative estimate of drug-likeness (QED) is 0.672. The molecule has 1 amide bonds. The van der Waals surface area contributed by atoms with E-state index in [-0.39, 0.29) is 11.8 Å². The third-order valence-electron chi connectivity index (χ3n) is 2.65. The van der Waals surface area contributed by atoms with Gasteiger partial charge in [0, 0.05) is 19.5 Å². The molecule has 15 heavy (non-hydrogen) atoms. The molecule has 4 heteroatoms. The van der Waals surface area contributed by atoms with Crippen LogP contribution in [0.15, 0.2) is 0 Å². The van der Waals surface area contributed by atoms with Crippen LogP contribution in [-0.2, 0) is 4.79 Å². The fourth-order valence-electron chi connectivity index (χ4n) is 1.96. The van der Waals surface area contributed by atoms with Gasteiger partial charge in [-0.25, -0.2) is 5.01 Å². The molecule has 0 bridgehead atoms. The van der Waals surface area contributed by atoms with Gasteiger partial charge in [-0.15, -0.1) is 0 Å². The standard InChI is InChI=1S/C11H23N3O/c1-9(2)8-14(3)13-11(15)10-4-6-12-7-5-10/h9-10,12H,4-8H2,1-3H3,(H,13,15). The normalized spacial score (nSPS) is 18.5. The van der Waals surface area contributed by atoms with Crippen LogP contribution in [0.2, 0.25) is 0 Å². The van der Waals surface area contributed by atoms with Crippen molar-refractivity contribution in [3.8, 4) is 0 Å². The van der Waals surface area contributed by atoms with Crippen molar-refractivity contribution in [1.82, 2.24) is 15.8 Å². The monoisotopic (exact) mass is 213 g/mol. The van der Waals surface area contributed by atoms with Gasteiger partial charge in [0.05, 0.1) is 0 Å². The summed E-state index contributed by atoms with van der Waals surface area (Å²) in [5.41, 5.74) is 2.95. The number of carbonyl (C=O) groups is 1. The van der Waals surface area contributed by atoms with E-state index < -0.39 is 0 Å². The van der Waals surface area contributed by atoms with Crippen molar-refractivity contribution < 1.29 is 4.79 Å². The number of hydrogen-bond acceptors (Lipinski definition) is 3. The summed E-state index contributed by atoms with van der Waals surface area (Å²) in [6.07, 6.45) is 1.92.